The zero-order chi connectivity index (χ0) is 11.6. The largest absolute Gasteiger partial charge is 0.412 e. The summed E-state index contributed by atoms with van der Waals surface area (Å²) >= 11 is 16.5. The summed E-state index contributed by atoms with van der Waals surface area (Å²) in [6, 6.07) is 2.85. The molecule has 0 aliphatic rings. The molecule has 0 radical (unpaired) electrons. The van der Waals surface area contributed by atoms with E-state index in [0.717, 1.165) is 0 Å². The smallest absolute Gasteiger partial charge is 0.409 e. The zero-order valence-electron chi connectivity index (χ0n) is 7.51. The Morgan fingerprint density at radius 3 is 2.33 bits per heavy atom. The van der Waals surface area contributed by atoms with E-state index in [9.17, 15) is 9.59 Å². The van der Waals surface area contributed by atoms with Crippen molar-refractivity contribution < 1.29 is 14.3 Å². The van der Waals surface area contributed by atoms with Gasteiger partial charge < -0.3 is 4.74 Å². The molecule has 1 aromatic carbocycles. The van der Waals surface area contributed by atoms with Crippen LogP contribution in [0.25, 0.3) is 0 Å². The molecule has 6 heteroatoms. The molecule has 80 valence electrons. The van der Waals surface area contributed by atoms with Crippen molar-refractivity contribution in [1.82, 2.24) is 0 Å². The number of rotatable bonds is 2. The monoisotopic (exact) mass is 266 g/mol. The number of carbonyl (C=O) groups excluding carboxylic acids is 2. The van der Waals surface area contributed by atoms with Crippen LogP contribution in [0.15, 0.2) is 12.1 Å². The molecule has 3 nitrogen and oxygen atoms in total. The quantitative estimate of drug-likeness (QED) is 0.602. The summed E-state index contributed by atoms with van der Waals surface area (Å²) in [5.74, 6) is -0.418. The highest BCUT2D eigenvalue weighted by atomic mass is 35.5. The molecule has 0 saturated heterocycles. The minimum absolute atomic E-state index is 0.0154. The zero-order valence-corrected chi connectivity index (χ0v) is 9.78. The molecule has 0 aliphatic carbocycles. The third-order valence-electron chi connectivity index (χ3n) is 1.61. The number of hydrogen-bond donors (Lipinski definition) is 0. The predicted octanol–water partition coefficient (Wildman–Crippen LogP) is 3.93. The minimum atomic E-state index is -1.08. The summed E-state index contributed by atoms with van der Waals surface area (Å²) in [6.07, 6.45) is 0. The second kappa shape index (κ2) is 4.84. The van der Waals surface area contributed by atoms with Crippen LogP contribution in [0, 0.1) is 0 Å². The second-order valence-corrected chi connectivity index (χ2v) is 3.73. The van der Waals surface area contributed by atoms with Gasteiger partial charge in [-0.25, -0.2) is 4.79 Å². The summed E-state index contributed by atoms with van der Waals surface area (Å²) in [5, 5.41) is 0.160. The van der Waals surface area contributed by atoms with Gasteiger partial charge in [0.25, 0.3) is 0 Å². The fraction of sp³-hybridized carbons (Fsp3) is 0.111. The second-order valence-electron chi connectivity index (χ2n) is 2.63. The summed E-state index contributed by atoms with van der Waals surface area (Å²) in [6.45, 7) is 1.31. The van der Waals surface area contributed by atoms with E-state index < -0.39 is 5.43 Å². The average molecular weight is 267 g/mol. The summed E-state index contributed by atoms with van der Waals surface area (Å²) in [4.78, 5) is 21.8. The topological polar surface area (TPSA) is 43.4 Å². The van der Waals surface area contributed by atoms with Gasteiger partial charge in [-0.15, -0.1) is 0 Å². The van der Waals surface area contributed by atoms with Crippen molar-refractivity contribution in [2.75, 3.05) is 0 Å². The van der Waals surface area contributed by atoms with Crippen LogP contribution in [0.3, 0.4) is 0 Å². The van der Waals surface area contributed by atoms with E-state index in [4.69, 9.17) is 34.8 Å². The van der Waals surface area contributed by atoms with E-state index in [1.165, 1.54) is 19.1 Å². The first-order valence-electron chi connectivity index (χ1n) is 3.79. The van der Waals surface area contributed by atoms with Gasteiger partial charge in [-0.3, -0.25) is 4.79 Å². The Hall–Kier alpha value is -0.770. The highest BCUT2D eigenvalue weighted by Gasteiger charge is 2.17. The van der Waals surface area contributed by atoms with Crippen LogP contribution in [0.2, 0.25) is 10.0 Å². The molecule has 0 fully saturated rings. The number of benzene rings is 1. The third-order valence-corrected chi connectivity index (χ3v) is 2.48. The maximum Gasteiger partial charge on any atom is 0.409 e. The van der Waals surface area contributed by atoms with E-state index in [0.29, 0.717) is 0 Å². The highest BCUT2D eigenvalue weighted by molar-refractivity contribution is 6.61. The van der Waals surface area contributed by atoms with E-state index in [1.807, 2.05) is 0 Å². The van der Waals surface area contributed by atoms with Crippen molar-refractivity contribution in [3.63, 3.8) is 0 Å². The summed E-state index contributed by atoms with van der Waals surface area (Å²) < 4.78 is 4.61. The fourth-order valence-corrected chi connectivity index (χ4v) is 1.42. The van der Waals surface area contributed by atoms with Crippen LogP contribution in [-0.2, 0) is 0 Å². The number of ether oxygens (including phenoxy) is 1. The Bertz CT molecular complexity index is 429. The van der Waals surface area contributed by atoms with Crippen LogP contribution in [0.4, 0.5) is 4.79 Å². The van der Waals surface area contributed by atoms with Gasteiger partial charge in [0.2, 0.25) is 0 Å². The Morgan fingerprint density at radius 2 is 1.87 bits per heavy atom. The molecule has 15 heavy (non-hydrogen) atoms. The number of hydrogen-bond acceptors (Lipinski definition) is 3. The lowest BCUT2D eigenvalue weighted by Gasteiger charge is -2.08. The SMILES string of the molecule is CC(=O)c1ccc(Cl)c(Cl)c1OC(=O)Cl. The molecule has 1 aromatic rings. The first kappa shape index (κ1) is 12.3. The van der Waals surface area contributed by atoms with Crippen LogP contribution < -0.4 is 4.74 Å². The van der Waals surface area contributed by atoms with Gasteiger partial charge in [-0.2, -0.15) is 0 Å². The minimum Gasteiger partial charge on any atom is -0.412 e. The molecule has 0 aromatic heterocycles. The van der Waals surface area contributed by atoms with Crippen molar-refractivity contribution >= 4 is 46.0 Å². The predicted molar refractivity (Wildman–Crippen MR) is 58.3 cm³/mol. The molecule has 1 rings (SSSR count). The molecular formula is C9H5Cl3O3. The fourth-order valence-electron chi connectivity index (χ4n) is 0.989. The van der Waals surface area contributed by atoms with Crippen molar-refractivity contribution in [1.29, 1.82) is 0 Å². The lowest BCUT2D eigenvalue weighted by molar-refractivity contribution is 0.101. The average Bonchev–Trinajstić information content (AvgIpc) is 2.12. The van der Waals surface area contributed by atoms with Crippen molar-refractivity contribution in [2.45, 2.75) is 6.92 Å². The summed E-state index contributed by atoms with van der Waals surface area (Å²) in [7, 11) is 0. The third kappa shape index (κ3) is 2.84. The van der Waals surface area contributed by atoms with Gasteiger partial charge in [0, 0.05) is 11.6 Å². The molecule has 0 atom stereocenters. The molecule has 0 saturated carbocycles. The molecular weight excluding hydrogens is 262 g/mol. The molecule has 0 amide bonds. The Kier molecular flexibility index (Phi) is 3.97. The van der Waals surface area contributed by atoms with Crippen LogP contribution in [-0.4, -0.2) is 11.2 Å². The number of Topliss-reactive ketones (excluding diaryl/α,β-unsaturated/α-hetero) is 1. The maximum absolute atomic E-state index is 11.2. The standard InChI is InChI=1S/C9H5Cl3O3/c1-4(13)5-2-3-6(10)7(11)8(5)15-9(12)14/h2-3H,1H3. The van der Waals surface area contributed by atoms with Crippen molar-refractivity contribution in [2.24, 2.45) is 0 Å². The van der Waals surface area contributed by atoms with Crippen LogP contribution in [0.5, 0.6) is 5.75 Å². The molecule has 0 spiro atoms. The maximum atomic E-state index is 11.2. The number of ketones is 1. The van der Waals surface area contributed by atoms with E-state index >= 15 is 0 Å². The van der Waals surface area contributed by atoms with E-state index in [-0.39, 0.29) is 27.1 Å². The molecule has 0 heterocycles. The first-order valence-corrected chi connectivity index (χ1v) is 4.93. The normalized spacial score (nSPS) is 9.87. The van der Waals surface area contributed by atoms with Crippen LogP contribution >= 0.6 is 34.8 Å². The lowest BCUT2D eigenvalue weighted by atomic mass is 10.1. The van der Waals surface area contributed by atoms with Crippen LogP contribution in [0.1, 0.15) is 17.3 Å². The van der Waals surface area contributed by atoms with Crippen molar-refractivity contribution in [3.05, 3.63) is 27.7 Å². The van der Waals surface area contributed by atoms with Gasteiger partial charge in [0.15, 0.2) is 11.5 Å². The van der Waals surface area contributed by atoms with Gasteiger partial charge in [0.1, 0.15) is 5.02 Å². The Morgan fingerprint density at radius 1 is 1.27 bits per heavy atom. The van der Waals surface area contributed by atoms with Gasteiger partial charge in [-0.1, -0.05) is 23.2 Å². The highest BCUT2D eigenvalue weighted by Crippen LogP contribution is 2.35. The number of carbonyl (C=O) groups is 2. The first-order chi connectivity index (χ1) is 6.93. The van der Waals surface area contributed by atoms with Crippen molar-refractivity contribution in [3.8, 4) is 5.75 Å². The van der Waals surface area contributed by atoms with Gasteiger partial charge in [0.05, 0.1) is 10.6 Å². The molecule has 0 N–H and O–H groups in total. The van der Waals surface area contributed by atoms with E-state index in [2.05, 4.69) is 4.74 Å². The van der Waals surface area contributed by atoms with E-state index in [1.54, 1.807) is 0 Å². The lowest BCUT2D eigenvalue weighted by Crippen LogP contribution is -2.03. The molecule has 0 unspecified atom stereocenters. The Labute approximate surface area is 101 Å². The summed E-state index contributed by atoms with van der Waals surface area (Å²) in [5.41, 5.74) is -0.930. The Balaban J connectivity index is 3.34. The molecule has 0 aliphatic heterocycles. The van der Waals surface area contributed by atoms with Gasteiger partial charge >= 0.3 is 5.43 Å². The molecule has 0 bridgehead atoms. The number of halogens is 3. The van der Waals surface area contributed by atoms with Gasteiger partial charge in [-0.05, 0) is 19.1 Å².